The molecule has 0 radical (unpaired) electrons. The number of hydrogen-bond donors (Lipinski definition) is 1. The lowest BCUT2D eigenvalue weighted by atomic mass is 9.95. The maximum atomic E-state index is 11.0. The van der Waals surface area contributed by atoms with Gasteiger partial charge in [-0.25, -0.2) is 0 Å². The largest absolute Gasteiger partial charge is 0.481 e. The monoisotopic (exact) mass is 281 g/mol. The summed E-state index contributed by atoms with van der Waals surface area (Å²) in [6, 6.07) is 8.23. The molecule has 3 nitrogen and oxygen atoms in total. The molecule has 2 unspecified atom stereocenters. The van der Waals surface area contributed by atoms with E-state index >= 15 is 0 Å². The Morgan fingerprint density at radius 2 is 2.11 bits per heavy atom. The Hall–Kier alpha value is -1.06. The Morgan fingerprint density at radius 3 is 2.74 bits per heavy atom. The number of carboxylic acids is 1. The van der Waals surface area contributed by atoms with Crippen LogP contribution >= 0.6 is 11.6 Å². The molecule has 104 valence electrons. The zero-order chi connectivity index (χ0) is 13.8. The Bertz CT molecular complexity index is 432. The van der Waals surface area contributed by atoms with Crippen LogP contribution in [0.2, 0.25) is 5.02 Å². The van der Waals surface area contributed by atoms with Crippen LogP contribution in [0.15, 0.2) is 24.3 Å². The van der Waals surface area contributed by atoms with E-state index in [0.717, 1.165) is 30.8 Å². The van der Waals surface area contributed by atoms with Gasteiger partial charge in [0.25, 0.3) is 0 Å². The van der Waals surface area contributed by atoms with Crippen LogP contribution in [0.3, 0.4) is 0 Å². The quantitative estimate of drug-likeness (QED) is 0.914. The number of halogens is 1. The van der Waals surface area contributed by atoms with Crippen molar-refractivity contribution in [1.82, 2.24) is 4.90 Å². The molecule has 0 bridgehead atoms. The van der Waals surface area contributed by atoms with Gasteiger partial charge >= 0.3 is 5.97 Å². The maximum absolute atomic E-state index is 11.0. The molecule has 1 fully saturated rings. The van der Waals surface area contributed by atoms with E-state index < -0.39 is 5.97 Å². The molecule has 2 rings (SSSR count). The lowest BCUT2D eigenvalue weighted by molar-refractivity contribution is -0.139. The molecule has 1 saturated heterocycles. The number of likely N-dealkylation sites (tertiary alicyclic amines) is 1. The SMILES string of the molecule is CC(c1ccc(Cl)cc1)N1CCCCC1CC(=O)O. The molecule has 0 saturated carbocycles. The molecule has 19 heavy (non-hydrogen) atoms. The summed E-state index contributed by atoms with van der Waals surface area (Å²) in [5.74, 6) is -0.708. The van der Waals surface area contributed by atoms with Gasteiger partial charge in [0.2, 0.25) is 0 Å². The van der Waals surface area contributed by atoms with Gasteiger partial charge < -0.3 is 5.11 Å². The first-order valence-electron chi connectivity index (χ1n) is 6.81. The first-order valence-corrected chi connectivity index (χ1v) is 7.18. The predicted molar refractivity (Wildman–Crippen MR) is 76.5 cm³/mol. The summed E-state index contributed by atoms with van der Waals surface area (Å²) in [5, 5.41) is 9.76. The lowest BCUT2D eigenvalue weighted by Gasteiger charge is -2.39. The van der Waals surface area contributed by atoms with E-state index in [1.807, 2.05) is 24.3 Å². The van der Waals surface area contributed by atoms with E-state index in [2.05, 4.69) is 11.8 Å². The van der Waals surface area contributed by atoms with Crippen molar-refractivity contribution in [1.29, 1.82) is 0 Å². The van der Waals surface area contributed by atoms with Crippen LogP contribution in [-0.4, -0.2) is 28.6 Å². The molecule has 1 aliphatic rings. The number of aliphatic carboxylic acids is 1. The third-order valence-electron chi connectivity index (χ3n) is 3.93. The number of carboxylic acid groups (broad SMARTS) is 1. The van der Waals surface area contributed by atoms with Gasteiger partial charge in [-0.2, -0.15) is 0 Å². The summed E-state index contributed by atoms with van der Waals surface area (Å²) in [6.45, 7) is 3.12. The molecule has 1 aromatic carbocycles. The average molecular weight is 282 g/mol. The maximum Gasteiger partial charge on any atom is 0.304 e. The number of rotatable bonds is 4. The fourth-order valence-corrected chi connectivity index (χ4v) is 3.01. The Kier molecular flexibility index (Phi) is 4.83. The Morgan fingerprint density at radius 1 is 1.42 bits per heavy atom. The summed E-state index contributed by atoms with van der Waals surface area (Å²) in [6.07, 6.45) is 3.48. The number of nitrogens with zero attached hydrogens (tertiary/aromatic N) is 1. The van der Waals surface area contributed by atoms with Gasteiger partial charge in [-0.1, -0.05) is 30.2 Å². The first kappa shape index (κ1) is 14.4. The molecule has 4 heteroatoms. The summed E-state index contributed by atoms with van der Waals surface area (Å²) in [4.78, 5) is 13.3. The molecule has 1 N–H and O–H groups in total. The van der Waals surface area contributed by atoms with Crippen molar-refractivity contribution >= 4 is 17.6 Å². The summed E-state index contributed by atoms with van der Waals surface area (Å²) in [5.41, 5.74) is 1.20. The topological polar surface area (TPSA) is 40.5 Å². The predicted octanol–water partition coefficient (Wildman–Crippen LogP) is 3.73. The van der Waals surface area contributed by atoms with Gasteiger partial charge in [-0.3, -0.25) is 9.69 Å². The average Bonchev–Trinajstić information content (AvgIpc) is 2.39. The lowest BCUT2D eigenvalue weighted by Crippen LogP contribution is -2.42. The molecule has 1 heterocycles. The standard InChI is InChI=1S/C15H20ClNO2/c1-11(12-5-7-13(16)8-6-12)17-9-3-2-4-14(17)10-15(18)19/h5-8,11,14H,2-4,9-10H2,1H3,(H,18,19). The molecule has 2 atom stereocenters. The number of hydrogen-bond acceptors (Lipinski definition) is 2. The van der Waals surface area contributed by atoms with E-state index in [-0.39, 0.29) is 18.5 Å². The highest BCUT2D eigenvalue weighted by Crippen LogP contribution is 2.30. The molecule has 0 aromatic heterocycles. The molecular weight excluding hydrogens is 262 g/mol. The minimum atomic E-state index is -0.708. The second kappa shape index (κ2) is 6.40. The summed E-state index contributed by atoms with van der Waals surface area (Å²) >= 11 is 5.91. The van der Waals surface area contributed by atoms with Gasteiger partial charge in [0, 0.05) is 17.1 Å². The molecule has 1 aliphatic heterocycles. The number of carbonyl (C=O) groups is 1. The van der Waals surface area contributed by atoms with Crippen LogP contribution in [-0.2, 0) is 4.79 Å². The van der Waals surface area contributed by atoms with Crippen LogP contribution in [0.1, 0.15) is 44.2 Å². The first-order chi connectivity index (χ1) is 9.08. The van der Waals surface area contributed by atoms with E-state index in [4.69, 9.17) is 16.7 Å². The van der Waals surface area contributed by atoms with E-state index in [1.165, 1.54) is 5.56 Å². The Labute approximate surface area is 119 Å². The highest BCUT2D eigenvalue weighted by molar-refractivity contribution is 6.30. The van der Waals surface area contributed by atoms with Crippen LogP contribution in [0.4, 0.5) is 0 Å². The van der Waals surface area contributed by atoms with Crippen molar-refractivity contribution < 1.29 is 9.90 Å². The van der Waals surface area contributed by atoms with Gasteiger partial charge in [-0.05, 0) is 44.0 Å². The second-order valence-corrected chi connectivity index (χ2v) is 5.65. The number of benzene rings is 1. The fraction of sp³-hybridized carbons (Fsp3) is 0.533. The van der Waals surface area contributed by atoms with E-state index in [9.17, 15) is 4.79 Å². The molecular formula is C15H20ClNO2. The van der Waals surface area contributed by atoms with Gasteiger partial charge in [-0.15, -0.1) is 0 Å². The molecule has 0 spiro atoms. The van der Waals surface area contributed by atoms with Crippen LogP contribution < -0.4 is 0 Å². The minimum Gasteiger partial charge on any atom is -0.481 e. The zero-order valence-electron chi connectivity index (χ0n) is 11.2. The van der Waals surface area contributed by atoms with Crippen molar-refractivity contribution in [2.24, 2.45) is 0 Å². The van der Waals surface area contributed by atoms with Crippen LogP contribution in [0.25, 0.3) is 0 Å². The van der Waals surface area contributed by atoms with Gasteiger partial charge in [0.05, 0.1) is 6.42 Å². The molecule has 0 aliphatic carbocycles. The van der Waals surface area contributed by atoms with Crippen LogP contribution in [0, 0.1) is 0 Å². The van der Waals surface area contributed by atoms with Crippen molar-refractivity contribution in [3.05, 3.63) is 34.9 Å². The zero-order valence-corrected chi connectivity index (χ0v) is 11.9. The second-order valence-electron chi connectivity index (χ2n) is 5.21. The normalized spacial score (nSPS) is 22.1. The van der Waals surface area contributed by atoms with E-state index in [0.29, 0.717) is 0 Å². The summed E-state index contributed by atoms with van der Waals surface area (Å²) in [7, 11) is 0. The van der Waals surface area contributed by atoms with Gasteiger partial charge in [0.1, 0.15) is 0 Å². The van der Waals surface area contributed by atoms with E-state index in [1.54, 1.807) is 0 Å². The molecule has 0 amide bonds. The van der Waals surface area contributed by atoms with Crippen molar-refractivity contribution in [2.75, 3.05) is 6.54 Å². The van der Waals surface area contributed by atoms with Gasteiger partial charge in [0.15, 0.2) is 0 Å². The third kappa shape index (κ3) is 3.71. The Balaban J connectivity index is 2.12. The fourth-order valence-electron chi connectivity index (χ4n) is 2.89. The molecule has 1 aromatic rings. The van der Waals surface area contributed by atoms with Crippen molar-refractivity contribution in [3.8, 4) is 0 Å². The highest BCUT2D eigenvalue weighted by atomic mass is 35.5. The van der Waals surface area contributed by atoms with Crippen molar-refractivity contribution in [2.45, 2.75) is 44.7 Å². The van der Waals surface area contributed by atoms with Crippen molar-refractivity contribution in [3.63, 3.8) is 0 Å². The minimum absolute atomic E-state index is 0.150. The summed E-state index contributed by atoms with van der Waals surface area (Å²) < 4.78 is 0. The number of piperidine rings is 1. The highest BCUT2D eigenvalue weighted by Gasteiger charge is 2.28. The third-order valence-corrected chi connectivity index (χ3v) is 4.18. The van der Waals surface area contributed by atoms with Crippen LogP contribution in [0.5, 0.6) is 0 Å². The smallest absolute Gasteiger partial charge is 0.304 e.